The Morgan fingerprint density at radius 3 is 2.00 bits per heavy atom. The molecule has 0 bridgehead atoms. The highest BCUT2D eigenvalue weighted by molar-refractivity contribution is 5.90. The Morgan fingerprint density at radius 1 is 0.853 bits per heavy atom. The monoisotopic (exact) mass is 470 g/mol. The Morgan fingerprint density at radius 2 is 1.44 bits per heavy atom. The van der Waals surface area contributed by atoms with E-state index in [-0.39, 0.29) is 26.2 Å². The van der Waals surface area contributed by atoms with Crippen LogP contribution < -0.4 is 10.6 Å². The number of carbonyl (C=O) groups excluding carboxylic acids is 3. The van der Waals surface area contributed by atoms with Gasteiger partial charge in [-0.2, -0.15) is 0 Å². The summed E-state index contributed by atoms with van der Waals surface area (Å²) in [5.41, 5.74) is 1.04. The van der Waals surface area contributed by atoms with Crippen LogP contribution in [-0.2, 0) is 36.8 Å². The number of esters is 1. The van der Waals surface area contributed by atoms with Gasteiger partial charge in [0.05, 0.1) is 19.8 Å². The van der Waals surface area contributed by atoms with E-state index in [9.17, 15) is 14.4 Å². The molecule has 2 rings (SSSR count). The van der Waals surface area contributed by atoms with Gasteiger partial charge in [-0.05, 0) is 38.8 Å². The number of rotatable bonds is 11. The fourth-order valence-electron chi connectivity index (χ4n) is 3.06. The molecule has 2 aromatic carbocycles. The fourth-order valence-corrected chi connectivity index (χ4v) is 3.06. The lowest BCUT2D eigenvalue weighted by molar-refractivity contribution is -0.147. The molecule has 0 aliphatic carbocycles. The highest BCUT2D eigenvalue weighted by atomic mass is 16.6. The molecule has 0 aliphatic rings. The topological polar surface area (TPSA) is 103 Å². The fraction of sp³-hybridized carbons (Fsp3) is 0.423. The van der Waals surface area contributed by atoms with Crippen LogP contribution in [0.25, 0.3) is 0 Å². The maximum Gasteiger partial charge on any atom is 0.408 e. The standard InChI is InChI=1S/C26H34N2O6/c1-5-33-24(30)21(16-19-12-8-6-9-13-19)27-23(29)22(28-25(31)34-26(2,3)4)18-32-17-20-14-10-7-11-15-20/h6-15,21-22H,5,16-18H2,1-4H3,(H,27,29)(H,28,31)/t21-,22-/m0/s1. The number of ether oxygens (including phenoxy) is 3. The van der Waals surface area contributed by atoms with Crippen molar-refractivity contribution in [3.05, 3.63) is 71.8 Å². The molecule has 0 radical (unpaired) electrons. The van der Waals surface area contributed by atoms with E-state index in [1.165, 1.54) is 0 Å². The van der Waals surface area contributed by atoms with Crippen LogP contribution in [0.5, 0.6) is 0 Å². The predicted octanol–water partition coefficient (Wildman–Crippen LogP) is 3.39. The molecule has 2 atom stereocenters. The molecular formula is C26H34N2O6. The average Bonchev–Trinajstić information content (AvgIpc) is 2.78. The summed E-state index contributed by atoms with van der Waals surface area (Å²) < 4.78 is 16.1. The van der Waals surface area contributed by atoms with E-state index in [0.717, 1.165) is 11.1 Å². The molecule has 0 fully saturated rings. The van der Waals surface area contributed by atoms with E-state index in [2.05, 4.69) is 10.6 Å². The summed E-state index contributed by atoms with van der Waals surface area (Å²) in [6, 6.07) is 16.7. The molecule has 0 aliphatic heterocycles. The third-order valence-corrected chi connectivity index (χ3v) is 4.57. The highest BCUT2D eigenvalue weighted by Gasteiger charge is 2.29. The van der Waals surface area contributed by atoms with Crippen LogP contribution in [0.2, 0.25) is 0 Å². The normalized spacial score (nSPS) is 12.8. The van der Waals surface area contributed by atoms with E-state index >= 15 is 0 Å². The molecule has 8 nitrogen and oxygen atoms in total. The summed E-state index contributed by atoms with van der Waals surface area (Å²) in [6.45, 7) is 7.20. The van der Waals surface area contributed by atoms with Gasteiger partial charge in [0, 0.05) is 6.42 Å². The van der Waals surface area contributed by atoms with Gasteiger partial charge >= 0.3 is 12.1 Å². The lowest BCUT2D eigenvalue weighted by Gasteiger charge is -2.25. The molecule has 0 spiro atoms. The first-order chi connectivity index (χ1) is 16.2. The van der Waals surface area contributed by atoms with Crippen molar-refractivity contribution in [3.8, 4) is 0 Å². The third kappa shape index (κ3) is 10.0. The lowest BCUT2D eigenvalue weighted by atomic mass is 10.1. The number of alkyl carbamates (subject to hydrolysis) is 1. The van der Waals surface area contributed by atoms with E-state index < -0.39 is 35.7 Å². The first kappa shape index (κ1) is 26.9. The number of benzene rings is 2. The molecule has 34 heavy (non-hydrogen) atoms. The number of amides is 2. The Bertz CT molecular complexity index is 912. The summed E-state index contributed by atoms with van der Waals surface area (Å²) in [6.07, 6.45) is -0.512. The van der Waals surface area contributed by atoms with Crippen LogP contribution in [0.4, 0.5) is 4.79 Å². The molecule has 0 aromatic heterocycles. The molecule has 2 N–H and O–H groups in total. The van der Waals surface area contributed by atoms with Gasteiger partial charge in [-0.3, -0.25) is 4.79 Å². The van der Waals surface area contributed by atoms with Gasteiger partial charge in [-0.15, -0.1) is 0 Å². The summed E-state index contributed by atoms with van der Waals surface area (Å²) in [7, 11) is 0. The zero-order chi connectivity index (χ0) is 25.0. The molecule has 0 unspecified atom stereocenters. The van der Waals surface area contributed by atoms with Crippen LogP contribution >= 0.6 is 0 Å². The molecule has 8 heteroatoms. The van der Waals surface area contributed by atoms with E-state index in [4.69, 9.17) is 14.2 Å². The molecule has 2 aromatic rings. The van der Waals surface area contributed by atoms with Crippen LogP contribution in [-0.4, -0.2) is 48.9 Å². The second kappa shape index (κ2) is 13.3. The first-order valence-electron chi connectivity index (χ1n) is 11.3. The third-order valence-electron chi connectivity index (χ3n) is 4.57. The van der Waals surface area contributed by atoms with Crippen molar-refractivity contribution in [2.24, 2.45) is 0 Å². The van der Waals surface area contributed by atoms with Crippen LogP contribution in [0.15, 0.2) is 60.7 Å². The van der Waals surface area contributed by atoms with Crippen molar-refractivity contribution < 1.29 is 28.6 Å². The minimum absolute atomic E-state index is 0.110. The number of hydrogen-bond acceptors (Lipinski definition) is 6. The quantitative estimate of drug-likeness (QED) is 0.488. The van der Waals surface area contributed by atoms with E-state index in [1.54, 1.807) is 27.7 Å². The predicted molar refractivity (Wildman–Crippen MR) is 128 cm³/mol. The van der Waals surface area contributed by atoms with Gasteiger partial charge in [-0.25, -0.2) is 9.59 Å². The van der Waals surface area contributed by atoms with Crippen molar-refractivity contribution in [2.75, 3.05) is 13.2 Å². The molecule has 0 saturated carbocycles. The number of hydrogen-bond donors (Lipinski definition) is 2. The SMILES string of the molecule is CCOC(=O)[C@H](Cc1ccccc1)NC(=O)[C@H](COCc1ccccc1)NC(=O)OC(C)(C)C. The summed E-state index contributed by atoms with van der Waals surface area (Å²) in [5, 5.41) is 5.25. The minimum Gasteiger partial charge on any atom is -0.464 e. The van der Waals surface area contributed by atoms with Gasteiger partial charge in [0.1, 0.15) is 17.7 Å². The van der Waals surface area contributed by atoms with Gasteiger partial charge in [-0.1, -0.05) is 60.7 Å². The Hall–Kier alpha value is -3.39. The summed E-state index contributed by atoms with van der Waals surface area (Å²) in [4.78, 5) is 38.0. The van der Waals surface area contributed by atoms with Crippen molar-refractivity contribution in [1.82, 2.24) is 10.6 Å². The van der Waals surface area contributed by atoms with Crippen molar-refractivity contribution >= 4 is 18.0 Å². The smallest absolute Gasteiger partial charge is 0.408 e. The molecule has 0 heterocycles. The van der Waals surface area contributed by atoms with Crippen molar-refractivity contribution in [3.63, 3.8) is 0 Å². The zero-order valence-electron chi connectivity index (χ0n) is 20.2. The van der Waals surface area contributed by atoms with Gasteiger partial charge < -0.3 is 24.8 Å². The van der Waals surface area contributed by atoms with Gasteiger partial charge in [0.25, 0.3) is 0 Å². The first-order valence-corrected chi connectivity index (χ1v) is 11.3. The van der Waals surface area contributed by atoms with Crippen LogP contribution in [0.3, 0.4) is 0 Å². The van der Waals surface area contributed by atoms with Crippen LogP contribution in [0.1, 0.15) is 38.8 Å². The lowest BCUT2D eigenvalue weighted by Crippen LogP contribution is -2.54. The average molecular weight is 471 g/mol. The Balaban J connectivity index is 2.11. The van der Waals surface area contributed by atoms with Gasteiger partial charge in [0.15, 0.2) is 0 Å². The second-order valence-electron chi connectivity index (χ2n) is 8.70. The van der Waals surface area contributed by atoms with Gasteiger partial charge in [0.2, 0.25) is 5.91 Å². The Labute approximate surface area is 201 Å². The molecular weight excluding hydrogens is 436 g/mol. The molecule has 184 valence electrons. The Kier molecular flexibility index (Phi) is 10.5. The summed E-state index contributed by atoms with van der Waals surface area (Å²) in [5.74, 6) is -1.13. The van der Waals surface area contributed by atoms with Crippen LogP contribution in [0, 0.1) is 0 Å². The number of carbonyl (C=O) groups is 3. The summed E-state index contributed by atoms with van der Waals surface area (Å²) >= 11 is 0. The minimum atomic E-state index is -1.08. The number of nitrogens with one attached hydrogen (secondary N) is 2. The highest BCUT2D eigenvalue weighted by Crippen LogP contribution is 2.09. The van der Waals surface area contributed by atoms with Crippen molar-refractivity contribution in [1.29, 1.82) is 0 Å². The van der Waals surface area contributed by atoms with E-state index in [1.807, 2.05) is 60.7 Å². The van der Waals surface area contributed by atoms with E-state index in [0.29, 0.717) is 0 Å². The largest absolute Gasteiger partial charge is 0.464 e. The molecule has 0 saturated heterocycles. The van der Waals surface area contributed by atoms with Crippen molar-refractivity contribution in [2.45, 2.75) is 58.4 Å². The second-order valence-corrected chi connectivity index (χ2v) is 8.70. The maximum atomic E-state index is 13.1. The molecule has 2 amide bonds. The zero-order valence-corrected chi connectivity index (χ0v) is 20.2. The maximum absolute atomic E-state index is 13.1.